The lowest BCUT2D eigenvalue weighted by atomic mass is 9.73. The molecule has 2 amide bonds. The van der Waals surface area contributed by atoms with Gasteiger partial charge in [-0.3, -0.25) is 14.4 Å². The summed E-state index contributed by atoms with van der Waals surface area (Å²) in [6, 6.07) is 14.6. The van der Waals surface area contributed by atoms with E-state index < -0.39 is 11.5 Å². The smallest absolute Gasteiger partial charge is 0.231 e. The maximum atomic E-state index is 13.7. The molecule has 6 heteroatoms. The summed E-state index contributed by atoms with van der Waals surface area (Å²) in [6.45, 7) is 0. The number of nitrogens with one attached hydrogen (secondary N) is 1. The third kappa shape index (κ3) is 3.23. The molecular formula is C23H23ClN2O3. The molecule has 1 heterocycles. The monoisotopic (exact) mass is 410 g/mol. The van der Waals surface area contributed by atoms with Crippen LogP contribution in [0, 0.1) is 0 Å². The Morgan fingerprint density at radius 1 is 1.10 bits per heavy atom. The first-order chi connectivity index (χ1) is 13.9. The lowest BCUT2D eigenvalue weighted by Crippen LogP contribution is -2.55. The molecule has 2 atom stereocenters. The predicted molar refractivity (Wildman–Crippen MR) is 112 cm³/mol. The van der Waals surface area contributed by atoms with Gasteiger partial charge in [0, 0.05) is 36.2 Å². The SMILES string of the molecule is CN(C(=O)C1CC(=O)Nc2ccccc21)C1(c2ccccc2Cl)CCCCC1=O. The van der Waals surface area contributed by atoms with Gasteiger partial charge in [0.05, 0.1) is 5.92 Å². The number of Topliss-reactive ketones (excluding diaryl/α,β-unsaturated/α-hetero) is 1. The molecule has 1 aliphatic carbocycles. The number of hydrogen-bond acceptors (Lipinski definition) is 3. The van der Waals surface area contributed by atoms with Crippen molar-refractivity contribution in [2.24, 2.45) is 0 Å². The summed E-state index contributed by atoms with van der Waals surface area (Å²) in [5.74, 6) is -1.06. The van der Waals surface area contributed by atoms with Crippen LogP contribution in [-0.2, 0) is 19.9 Å². The molecule has 0 spiro atoms. The third-order valence-electron chi connectivity index (χ3n) is 6.17. The average Bonchev–Trinajstić information content (AvgIpc) is 2.73. The fraction of sp³-hybridized carbons (Fsp3) is 0.348. The summed E-state index contributed by atoms with van der Waals surface area (Å²) < 4.78 is 0. The van der Waals surface area contributed by atoms with Crippen LogP contribution in [0.1, 0.15) is 49.1 Å². The molecule has 0 radical (unpaired) electrons. The van der Waals surface area contributed by atoms with Crippen molar-refractivity contribution in [2.45, 2.75) is 43.6 Å². The van der Waals surface area contributed by atoms with Crippen LogP contribution in [0.15, 0.2) is 48.5 Å². The number of amides is 2. The maximum Gasteiger partial charge on any atom is 0.231 e. The summed E-state index contributed by atoms with van der Waals surface area (Å²) >= 11 is 6.50. The Morgan fingerprint density at radius 2 is 1.83 bits per heavy atom. The van der Waals surface area contributed by atoms with E-state index in [2.05, 4.69) is 5.32 Å². The molecule has 0 bridgehead atoms. The van der Waals surface area contributed by atoms with E-state index in [1.165, 1.54) is 0 Å². The largest absolute Gasteiger partial charge is 0.328 e. The number of para-hydroxylation sites is 1. The Hall–Kier alpha value is -2.66. The highest BCUT2D eigenvalue weighted by Gasteiger charge is 2.49. The average molecular weight is 411 g/mol. The van der Waals surface area contributed by atoms with Gasteiger partial charge in [0.1, 0.15) is 5.54 Å². The van der Waals surface area contributed by atoms with E-state index in [0.29, 0.717) is 29.1 Å². The number of fused-ring (bicyclic) bond motifs is 1. The van der Waals surface area contributed by atoms with Gasteiger partial charge >= 0.3 is 0 Å². The van der Waals surface area contributed by atoms with Gasteiger partial charge < -0.3 is 10.2 Å². The quantitative estimate of drug-likeness (QED) is 0.821. The standard InChI is InChI=1S/C23H23ClN2O3/c1-26(22(29)16-14-21(28)25-19-11-5-2-8-15(16)19)23(13-7-6-12-20(23)27)17-9-3-4-10-18(17)24/h2-5,8-11,16H,6-7,12-14H2,1H3,(H,25,28). The number of ketones is 1. The van der Waals surface area contributed by atoms with E-state index in [4.69, 9.17) is 11.6 Å². The summed E-state index contributed by atoms with van der Waals surface area (Å²) in [5, 5.41) is 3.30. The van der Waals surface area contributed by atoms with Crippen LogP contribution in [0.2, 0.25) is 5.02 Å². The van der Waals surface area contributed by atoms with Crippen molar-refractivity contribution in [1.82, 2.24) is 4.90 Å². The molecule has 2 unspecified atom stereocenters. The van der Waals surface area contributed by atoms with Gasteiger partial charge in [-0.2, -0.15) is 0 Å². The minimum Gasteiger partial charge on any atom is -0.328 e. The van der Waals surface area contributed by atoms with E-state index in [1.807, 2.05) is 36.4 Å². The lowest BCUT2D eigenvalue weighted by Gasteiger charge is -2.45. The molecule has 2 aromatic carbocycles. The van der Waals surface area contributed by atoms with Crippen molar-refractivity contribution < 1.29 is 14.4 Å². The molecule has 5 nitrogen and oxygen atoms in total. The fourth-order valence-corrected chi connectivity index (χ4v) is 4.98. The topological polar surface area (TPSA) is 66.5 Å². The Balaban J connectivity index is 1.79. The minimum absolute atomic E-state index is 0.00115. The van der Waals surface area contributed by atoms with Crippen molar-refractivity contribution >= 4 is 34.9 Å². The molecule has 4 rings (SSSR count). The van der Waals surface area contributed by atoms with Crippen molar-refractivity contribution in [3.8, 4) is 0 Å². The number of anilines is 1. The molecule has 2 aromatic rings. The molecule has 2 aliphatic rings. The van der Waals surface area contributed by atoms with Gasteiger partial charge in [-0.15, -0.1) is 0 Å². The van der Waals surface area contributed by atoms with E-state index in [-0.39, 0.29) is 24.0 Å². The molecule has 1 N–H and O–H groups in total. The van der Waals surface area contributed by atoms with Crippen molar-refractivity contribution in [3.05, 3.63) is 64.7 Å². The Kier molecular flexibility index (Phi) is 5.17. The molecule has 0 aromatic heterocycles. The van der Waals surface area contributed by atoms with Crippen LogP contribution in [0.25, 0.3) is 0 Å². The highest BCUT2D eigenvalue weighted by molar-refractivity contribution is 6.31. The minimum atomic E-state index is -1.10. The normalized spacial score (nSPS) is 23.9. The first-order valence-corrected chi connectivity index (χ1v) is 10.3. The zero-order chi connectivity index (χ0) is 20.6. The number of benzene rings is 2. The second-order valence-corrected chi connectivity index (χ2v) is 8.17. The second kappa shape index (κ2) is 7.64. The Bertz CT molecular complexity index is 990. The van der Waals surface area contributed by atoms with Crippen LogP contribution in [-0.4, -0.2) is 29.5 Å². The third-order valence-corrected chi connectivity index (χ3v) is 6.50. The van der Waals surface area contributed by atoms with E-state index in [9.17, 15) is 14.4 Å². The first-order valence-electron chi connectivity index (χ1n) is 9.90. The lowest BCUT2D eigenvalue weighted by molar-refractivity contribution is -0.149. The van der Waals surface area contributed by atoms with Crippen LogP contribution < -0.4 is 5.32 Å². The summed E-state index contributed by atoms with van der Waals surface area (Å²) in [5.41, 5.74) is 0.992. The number of halogens is 1. The van der Waals surface area contributed by atoms with Gasteiger partial charge in [0.2, 0.25) is 11.8 Å². The van der Waals surface area contributed by atoms with Crippen LogP contribution in [0.5, 0.6) is 0 Å². The van der Waals surface area contributed by atoms with Crippen LogP contribution >= 0.6 is 11.6 Å². The number of nitrogens with zero attached hydrogens (tertiary/aromatic N) is 1. The van der Waals surface area contributed by atoms with E-state index >= 15 is 0 Å². The molecule has 0 saturated heterocycles. The van der Waals surface area contributed by atoms with Crippen molar-refractivity contribution in [2.75, 3.05) is 12.4 Å². The summed E-state index contributed by atoms with van der Waals surface area (Å²) in [4.78, 5) is 40.8. The second-order valence-electron chi connectivity index (χ2n) is 7.76. The van der Waals surface area contributed by atoms with Crippen molar-refractivity contribution in [3.63, 3.8) is 0 Å². The van der Waals surface area contributed by atoms with Gasteiger partial charge in [-0.1, -0.05) is 48.0 Å². The first kappa shape index (κ1) is 19.6. The zero-order valence-corrected chi connectivity index (χ0v) is 17.0. The van der Waals surface area contributed by atoms with E-state index in [0.717, 1.165) is 18.4 Å². The Labute approximate surface area is 175 Å². The number of hydrogen-bond donors (Lipinski definition) is 1. The number of rotatable bonds is 3. The van der Waals surface area contributed by atoms with Gasteiger partial charge in [0.15, 0.2) is 5.78 Å². The fourth-order valence-electron chi connectivity index (χ4n) is 4.68. The predicted octanol–water partition coefficient (Wildman–Crippen LogP) is 4.26. The van der Waals surface area contributed by atoms with Gasteiger partial charge in [-0.25, -0.2) is 0 Å². The highest BCUT2D eigenvalue weighted by Crippen LogP contribution is 2.44. The highest BCUT2D eigenvalue weighted by atomic mass is 35.5. The molecule has 150 valence electrons. The maximum absolute atomic E-state index is 13.7. The van der Waals surface area contributed by atoms with Crippen LogP contribution in [0.3, 0.4) is 0 Å². The Morgan fingerprint density at radius 3 is 2.59 bits per heavy atom. The number of likely N-dealkylation sites (N-methyl/N-ethyl adjacent to an activating group) is 1. The molecule has 1 aliphatic heterocycles. The van der Waals surface area contributed by atoms with Gasteiger partial charge in [-0.05, 0) is 37.0 Å². The number of carbonyl (C=O) groups excluding carboxylic acids is 3. The molecule has 1 saturated carbocycles. The van der Waals surface area contributed by atoms with E-state index in [1.54, 1.807) is 24.1 Å². The van der Waals surface area contributed by atoms with Gasteiger partial charge in [0.25, 0.3) is 0 Å². The number of carbonyl (C=O) groups is 3. The van der Waals surface area contributed by atoms with Crippen molar-refractivity contribution in [1.29, 1.82) is 0 Å². The summed E-state index contributed by atoms with van der Waals surface area (Å²) in [7, 11) is 1.67. The van der Waals surface area contributed by atoms with Crippen LogP contribution in [0.4, 0.5) is 5.69 Å². The molecular weight excluding hydrogens is 388 g/mol. The summed E-state index contributed by atoms with van der Waals surface area (Å²) in [6.07, 6.45) is 2.63. The molecule has 1 fully saturated rings. The zero-order valence-electron chi connectivity index (χ0n) is 16.3. The molecule has 29 heavy (non-hydrogen) atoms.